The highest BCUT2D eigenvalue weighted by Crippen LogP contribution is 2.19. The van der Waals surface area contributed by atoms with Crippen molar-refractivity contribution in [2.24, 2.45) is 10.9 Å². The smallest absolute Gasteiger partial charge is 0.222 e. The lowest BCUT2D eigenvalue weighted by Crippen LogP contribution is -2.45. The van der Waals surface area contributed by atoms with E-state index < -0.39 is 0 Å². The Morgan fingerprint density at radius 3 is 2.81 bits per heavy atom. The van der Waals surface area contributed by atoms with Crippen molar-refractivity contribution < 1.29 is 9.53 Å². The summed E-state index contributed by atoms with van der Waals surface area (Å²) < 4.78 is 5.92. The zero-order chi connectivity index (χ0) is 19.6. The Morgan fingerprint density at radius 2 is 2.11 bits per heavy atom. The molecule has 1 heterocycles. The third-order valence-corrected chi connectivity index (χ3v) is 4.48. The van der Waals surface area contributed by atoms with Gasteiger partial charge in [-0.05, 0) is 25.3 Å². The van der Waals surface area contributed by atoms with Crippen LogP contribution in [0.25, 0.3) is 0 Å². The Kier molecular flexibility index (Phi) is 8.43. The Labute approximate surface area is 163 Å². The Hall–Kier alpha value is -2.24. The van der Waals surface area contributed by atoms with Gasteiger partial charge in [0.2, 0.25) is 5.91 Å². The van der Waals surface area contributed by atoms with E-state index in [-0.39, 0.29) is 11.9 Å². The van der Waals surface area contributed by atoms with Gasteiger partial charge < -0.3 is 20.3 Å². The van der Waals surface area contributed by atoms with Gasteiger partial charge in [-0.25, -0.2) is 4.99 Å². The first kappa shape index (κ1) is 21.1. The number of amides is 1. The van der Waals surface area contributed by atoms with E-state index in [0.29, 0.717) is 25.5 Å². The molecule has 2 N–H and O–H groups in total. The number of ether oxygens (including phenoxy) is 1. The van der Waals surface area contributed by atoms with E-state index in [0.717, 1.165) is 43.3 Å². The van der Waals surface area contributed by atoms with Crippen molar-refractivity contribution in [2.45, 2.75) is 53.1 Å². The Bertz CT molecular complexity index is 630. The van der Waals surface area contributed by atoms with Gasteiger partial charge in [0, 0.05) is 37.7 Å². The molecule has 1 aliphatic heterocycles. The molecular weight excluding hydrogens is 340 g/mol. The zero-order valence-corrected chi connectivity index (χ0v) is 17.1. The molecule has 1 atom stereocenters. The summed E-state index contributed by atoms with van der Waals surface area (Å²) in [5.74, 6) is 2.38. The van der Waals surface area contributed by atoms with Crippen LogP contribution in [0.4, 0.5) is 0 Å². The van der Waals surface area contributed by atoms with Crippen LogP contribution < -0.4 is 15.4 Å². The number of nitrogens with zero attached hydrogens (tertiary/aromatic N) is 2. The summed E-state index contributed by atoms with van der Waals surface area (Å²) in [6.45, 7) is 11.8. The summed E-state index contributed by atoms with van der Waals surface area (Å²) in [7, 11) is 0. The highest BCUT2D eigenvalue weighted by Gasteiger charge is 2.25. The quantitative estimate of drug-likeness (QED) is 0.542. The van der Waals surface area contributed by atoms with E-state index in [1.165, 1.54) is 0 Å². The maximum absolute atomic E-state index is 11.9. The molecule has 150 valence electrons. The third-order valence-electron chi connectivity index (χ3n) is 4.48. The second-order valence-electron chi connectivity index (χ2n) is 7.33. The summed E-state index contributed by atoms with van der Waals surface area (Å²) in [5, 5.41) is 6.77. The fraction of sp³-hybridized carbons (Fsp3) is 0.619. The predicted octanol–water partition coefficient (Wildman–Crippen LogP) is 2.79. The van der Waals surface area contributed by atoms with Crippen molar-refractivity contribution in [3.05, 3.63) is 29.8 Å². The number of nitrogens with one attached hydrogen (secondary N) is 2. The van der Waals surface area contributed by atoms with Gasteiger partial charge >= 0.3 is 0 Å². The van der Waals surface area contributed by atoms with Gasteiger partial charge in [-0.2, -0.15) is 0 Å². The average Bonchev–Trinajstić information content (AvgIpc) is 3.13. The zero-order valence-electron chi connectivity index (χ0n) is 17.1. The maximum Gasteiger partial charge on any atom is 0.222 e. The molecule has 0 spiro atoms. The molecule has 0 aliphatic carbocycles. The lowest BCUT2D eigenvalue weighted by molar-refractivity contribution is -0.129. The van der Waals surface area contributed by atoms with Crippen molar-refractivity contribution >= 4 is 11.9 Å². The van der Waals surface area contributed by atoms with Crippen LogP contribution in [0.2, 0.25) is 0 Å². The van der Waals surface area contributed by atoms with E-state index in [1.807, 2.05) is 30.0 Å². The number of carbonyl (C=O) groups excluding carboxylic acids is 1. The second-order valence-corrected chi connectivity index (χ2v) is 7.33. The van der Waals surface area contributed by atoms with Crippen LogP contribution in [-0.2, 0) is 11.3 Å². The summed E-state index contributed by atoms with van der Waals surface area (Å²) in [6.07, 6.45) is 1.51. The molecule has 1 aromatic rings. The standard InChI is InChI=1S/C21H34N4O2/c1-5-20(26)25-12-11-18(14-25)24-21(22-6-2)23-13-17-9-7-8-10-19(17)27-15-16(3)4/h7-10,16,18H,5-6,11-15H2,1-4H3,(H2,22,23,24). The van der Waals surface area contributed by atoms with Crippen LogP contribution in [0.5, 0.6) is 5.75 Å². The van der Waals surface area contributed by atoms with Crippen LogP contribution >= 0.6 is 0 Å². The van der Waals surface area contributed by atoms with Crippen molar-refractivity contribution in [2.75, 3.05) is 26.2 Å². The van der Waals surface area contributed by atoms with Crippen molar-refractivity contribution in [1.29, 1.82) is 0 Å². The van der Waals surface area contributed by atoms with Gasteiger partial charge in [-0.15, -0.1) is 0 Å². The SMILES string of the molecule is CCNC(=NCc1ccccc1OCC(C)C)NC1CCN(C(=O)CC)C1. The molecule has 1 fully saturated rings. The molecule has 1 unspecified atom stereocenters. The lowest BCUT2D eigenvalue weighted by atomic mass is 10.2. The Morgan fingerprint density at radius 1 is 1.33 bits per heavy atom. The van der Waals surface area contributed by atoms with E-state index in [1.54, 1.807) is 0 Å². The first-order valence-corrected chi connectivity index (χ1v) is 10.1. The number of rotatable bonds is 8. The molecular formula is C21H34N4O2. The van der Waals surface area contributed by atoms with Gasteiger partial charge in [-0.1, -0.05) is 39.0 Å². The molecule has 1 aliphatic rings. The monoisotopic (exact) mass is 374 g/mol. The Balaban J connectivity index is 1.99. The molecule has 1 saturated heterocycles. The highest BCUT2D eigenvalue weighted by atomic mass is 16.5. The second kappa shape index (κ2) is 10.8. The molecule has 0 bridgehead atoms. The maximum atomic E-state index is 11.9. The molecule has 27 heavy (non-hydrogen) atoms. The van der Waals surface area contributed by atoms with Gasteiger partial charge in [0.05, 0.1) is 13.2 Å². The number of likely N-dealkylation sites (tertiary alicyclic amines) is 1. The molecule has 0 saturated carbocycles. The number of hydrogen-bond acceptors (Lipinski definition) is 3. The largest absolute Gasteiger partial charge is 0.493 e. The topological polar surface area (TPSA) is 66.0 Å². The van der Waals surface area contributed by atoms with Gasteiger partial charge in [0.25, 0.3) is 0 Å². The number of para-hydroxylation sites is 1. The summed E-state index contributed by atoms with van der Waals surface area (Å²) in [4.78, 5) is 18.5. The highest BCUT2D eigenvalue weighted by molar-refractivity contribution is 5.80. The minimum absolute atomic E-state index is 0.220. The first-order valence-electron chi connectivity index (χ1n) is 10.1. The molecule has 0 aromatic heterocycles. The summed E-state index contributed by atoms with van der Waals surface area (Å²) in [6, 6.07) is 8.30. The molecule has 1 amide bonds. The number of aliphatic imine (C=N–C) groups is 1. The number of hydrogen-bond donors (Lipinski definition) is 2. The van der Waals surface area contributed by atoms with Gasteiger partial charge in [0.15, 0.2) is 5.96 Å². The minimum atomic E-state index is 0.220. The summed E-state index contributed by atoms with van der Waals surface area (Å²) >= 11 is 0. The number of benzene rings is 1. The minimum Gasteiger partial charge on any atom is -0.493 e. The fourth-order valence-corrected chi connectivity index (χ4v) is 3.04. The first-order chi connectivity index (χ1) is 13.0. The van der Waals surface area contributed by atoms with E-state index in [2.05, 4.69) is 37.5 Å². The van der Waals surface area contributed by atoms with Crippen LogP contribution in [-0.4, -0.2) is 49.0 Å². The van der Waals surface area contributed by atoms with Crippen LogP contribution in [0.3, 0.4) is 0 Å². The fourth-order valence-electron chi connectivity index (χ4n) is 3.04. The molecule has 6 heteroatoms. The van der Waals surface area contributed by atoms with Crippen molar-refractivity contribution in [1.82, 2.24) is 15.5 Å². The van der Waals surface area contributed by atoms with E-state index in [9.17, 15) is 4.79 Å². The third kappa shape index (κ3) is 6.77. The lowest BCUT2D eigenvalue weighted by Gasteiger charge is -2.19. The molecule has 6 nitrogen and oxygen atoms in total. The van der Waals surface area contributed by atoms with Crippen molar-refractivity contribution in [3.63, 3.8) is 0 Å². The molecule has 2 rings (SSSR count). The van der Waals surface area contributed by atoms with Crippen molar-refractivity contribution in [3.8, 4) is 5.75 Å². The normalized spacial score (nSPS) is 17.3. The van der Waals surface area contributed by atoms with Crippen LogP contribution in [0, 0.1) is 5.92 Å². The number of carbonyl (C=O) groups is 1. The molecule has 0 radical (unpaired) electrons. The van der Waals surface area contributed by atoms with E-state index in [4.69, 9.17) is 9.73 Å². The number of guanidine groups is 1. The van der Waals surface area contributed by atoms with Crippen LogP contribution in [0.1, 0.15) is 46.1 Å². The van der Waals surface area contributed by atoms with Gasteiger partial charge in [-0.3, -0.25) is 4.79 Å². The van der Waals surface area contributed by atoms with Crippen LogP contribution in [0.15, 0.2) is 29.3 Å². The molecule has 1 aromatic carbocycles. The van der Waals surface area contributed by atoms with Gasteiger partial charge in [0.1, 0.15) is 5.75 Å². The summed E-state index contributed by atoms with van der Waals surface area (Å²) in [5.41, 5.74) is 1.07. The predicted molar refractivity (Wildman–Crippen MR) is 110 cm³/mol. The average molecular weight is 375 g/mol. The van der Waals surface area contributed by atoms with E-state index >= 15 is 0 Å².